The zero-order valence-corrected chi connectivity index (χ0v) is 16.5. The number of esters is 1. The standard InChI is InChI=1S/C24H22N2O4/c1-30-24(29)20-14-8-9-17(15-20)16-26(23(28)19-12-6-3-7-13-19)21(22(25)27)18-10-4-2-5-11-18/h2-15,21H,16H2,1H3,(H2,25,27)/t21-/m1/s1. The Labute approximate surface area is 174 Å². The molecule has 0 saturated carbocycles. The lowest BCUT2D eigenvalue weighted by Gasteiger charge is -2.30. The predicted octanol–water partition coefficient (Wildman–Crippen LogP) is 3.34. The maximum Gasteiger partial charge on any atom is 0.337 e. The Hall–Kier alpha value is -3.93. The van der Waals surface area contributed by atoms with E-state index in [0.717, 1.165) is 0 Å². The Morgan fingerprint density at radius 2 is 1.47 bits per heavy atom. The monoisotopic (exact) mass is 402 g/mol. The number of rotatable bonds is 7. The van der Waals surface area contributed by atoms with Gasteiger partial charge in [0.1, 0.15) is 6.04 Å². The van der Waals surface area contributed by atoms with Crippen LogP contribution in [0.2, 0.25) is 0 Å². The number of hydrogen-bond acceptors (Lipinski definition) is 4. The number of carbonyl (C=O) groups is 3. The number of ether oxygens (including phenoxy) is 1. The molecule has 0 radical (unpaired) electrons. The average molecular weight is 402 g/mol. The van der Waals surface area contributed by atoms with Gasteiger partial charge in [0.05, 0.1) is 12.7 Å². The Kier molecular flexibility index (Phi) is 6.60. The van der Waals surface area contributed by atoms with Crippen LogP contribution < -0.4 is 5.73 Å². The van der Waals surface area contributed by atoms with Gasteiger partial charge in [0.15, 0.2) is 0 Å². The van der Waals surface area contributed by atoms with E-state index in [1.165, 1.54) is 12.0 Å². The van der Waals surface area contributed by atoms with Crippen molar-refractivity contribution < 1.29 is 19.1 Å². The Balaban J connectivity index is 2.04. The second-order valence-electron chi connectivity index (χ2n) is 6.71. The Morgan fingerprint density at radius 1 is 0.867 bits per heavy atom. The molecule has 2 N–H and O–H groups in total. The van der Waals surface area contributed by atoms with Crippen LogP contribution in [-0.2, 0) is 16.1 Å². The normalized spacial score (nSPS) is 11.4. The lowest BCUT2D eigenvalue weighted by molar-refractivity contribution is -0.122. The third kappa shape index (κ3) is 4.72. The first kappa shape index (κ1) is 20.8. The smallest absolute Gasteiger partial charge is 0.337 e. The molecule has 152 valence electrons. The summed E-state index contributed by atoms with van der Waals surface area (Å²) in [6.07, 6.45) is 0. The molecule has 0 aromatic heterocycles. The predicted molar refractivity (Wildman–Crippen MR) is 112 cm³/mol. The van der Waals surface area contributed by atoms with E-state index < -0.39 is 17.9 Å². The van der Waals surface area contributed by atoms with Crippen molar-refractivity contribution in [2.75, 3.05) is 7.11 Å². The molecule has 3 rings (SSSR count). The minimum atomic E-state index is -0.972. The van der Waals surface area contributed by atoms with E-state index in [1.807, 2.05) is 12.1 Å². The summed E-state index contributed by atoms with van der Waals surface area (Å²) < 4.78 is 4.77. The van der Waals surface area contributed by atoms with Crippen LogP contribution in [0.5, 0.6) is 0 Å². The maximum absolute atomic E-state index is 13.4. The lowest BCUT2D eigenvalue weighted by Crippen LogP contribution is -2.41. The third-order valence-corrected chi connectivity index (χ3v) is 4.68. The van der Waals surface area contributed by atoms with Gasteiger partial charge in [0.2, 0.25) is 5.91 Å². The summed E-state index contributed by atoms with van der Waals surface area (Å²) in [5.41, 5.74) is 7.81. The van der Waals surface area contributed by atoms with E-state index in [9.17, 15) is 14.4 Å². The molecule has 30 heavy (non-hydrogen) atoms. The number of amides is 2. The molecular formula is C24H22N2O4. The van der Waals surface area contributed by atoms with Crippen molar-refractivity contribution in [1.29, 1.82) is 0 Å². The molecule has 0 spiro atoms. The van der Waals surface area contributed by atoms with Crippen molar-refractivity contribution >= 4 is 17.8 Å². The number of methoxy groups -OCH3 is 1. The molecule has 0 saturated heterocycles. The number of benzene rings is 3. The average Bonchev–Trinajstić information content (AvgIpc) is 2.79. The van der Waals surface area contributed by atoms with Crippen LogP contribution in [0.3, 0.4) is 0 Å². The zero-order chi connectivity index (χ0) is 21.5. The van der Waals surface area contributed by atoms with Crippen molar-refractivity contribution in [3.8, 4) is 0 Å². The summed E-state index contributed by atoms with van der Waals surface area (Å²) in [5, 5.41) is 0. The minimum Gasteiger partial charge on any atom is -0.465 e. The first-order chi connectivity index (χ1) is 14.5. The van der Waals surface area contributed by atoms with E-state index in [1.54, 1.807) is 72.8 Å². The molecule has 0 aliphatic rings. The highest BCUT2D eigenvalue weighted by molar-refractivity contribution is 5.97. The summed E-state index contributed by atoms with van der Waals surface area (Å²) in [7, 11) is 1.30. The van der Waals surface area contributed by atoms with Gasteiger partial charge in [-0.15, -0.1) is 0 Å². The van der Waals surface area contributed by atoms with Gasteiger partial charge in [0, 0.05) is 12.1 Å². The highest BCUT2D eigenvalue weighted by Gasteiger charge is 2.30. The molecule has 0 bridgehead atoms. The first-order valence-electron chi connectivity index (χ1n) is 9.39. The van der Waals surface area contributed by atoms with Crippen LogP contribution in [0.4, 0.5) is 0 Å². The SMILES string of the molecule is COC(=O)c1cccc(CN(C(=O)c2ccccc2)[C@@H](C(N)=O)c2ccccc2)c1. The molecule has 6 nitrogen and oxygen atoms in total. The van der Waals surface area contributed by atoms with Crippen molar-refractivity contribution in [3.63, 3.8) is 0 Å². The summed E-state index contributed by atoms with van der Waals surface area (Å²) in [5.74, 6) is -1.46. The van der Waals surface area contributed by atoms with Crippen LogP contribution in [-0.4, -0.2) is 29.8 Å². The summed E-state index contributed by atoms with van der Waals surface area (Å²) in [4.78, 5) is 39.1. The van der Waals surface area contributed by atoms with E-state index in [4.69, 9.17) is 10.5 Å². The second kappa shape index (κ2) is 9.52. The van der Waals surface area contributed by atoms with Crippen molar-refractivity contribution in [2.24, 2.45) is 5.73 Å². The van der Waals surface area contributed by atoms with Gasteiger partial charge in [-0.25, -0.2) is 4.79 Å². The number of nitrogens with two attached hydrogens (primary N) is 1. The van der Waals surface area contributed by atoms with Gasteiger partial charge in [-0.05, 0) is 35.4 Å². The van der Waals surface area contributed by atoms with Gasteiger partial charge < -0.3 is 15.4 Å². The van der Waals surface area contributed by atoms with E-state index in [0.29, 0.717) is 22.3 Å². The van der Waals surface area contributed by atoms with Gasteiger partial charge in [0.25, 0.3) is 5.91 Å². The highest BCUT2D eigenvalue weighted by atomic mass is 16.5. The fourth-order valence-corrected chi connectivity index (χ4v) is 3.27. The van der Waals surface area contributed by atoms with Crippen molar-refractivity contribution in [2.45, 2.75) is 12.6 Å². The van der Waals surface area contributed by atoms with Crippen molar-refractivity contribution in [3.05, 3.63) is 107 Å². The Bertz CT molecular complexity index is 1040. The Morgan fingerprint density at radius 3 is 2.07 bits per heavy atom. The molecule has 0 aliphatic heterocycles. The van der Waals surface area contributed by atoms with Crippen LogP contribution >= 0.6 is 0 Å². The summed E-state index contributed by atoms with van der Waals surface area (Å²) in [6, 6.07) is 23.4. The molecule has 0 aliphatic carbocycles. The fourth-order valence-electron chi connectivity index (χ4n) is 3.27. The van der Waals surface area contributed by atoms with Gasteiger partial charge >= 0.3 is 5.97 Å². The zero-order valence-electron chi connectivity index (χ0n) is 16.5. The van der Waals surface area contributed by atoms with Gasteiger partial charge in [-0.1, -0.05) is 60.7 Å². The molecule has 3 aromatic rings. The molecule has 3 aromatic carbocycles. The van der Waals surface area contributed by atoms with Crippen LogP contribution in [0, 0.1) is 0 Å². The minimum absolute atomic E-state index is 0.0844. The van der Waals surface area contributed by atoms with Crippen molar-refractivity contribution in [1.82, 2.24) is 4.90 Å². The lowest BCUT2D eigenvalue weighted by atomic mass is 10.0. The van der Waals surface area contributed by atoms with Gasteiger partial charge in [-0.2, -0.15) is 0 Å². The molecule has 2 amide bonds. The van der Waals surface area contributed by atoms with E-state index in [-0.39, 0.29) is 12.5 Å². The molecule has 0 unspecified atom stereocenters. The van der Waals surface area contributed by atoms with Crippen LogP contribution in [0.25, 0.3) is 0 Å². The number of primary amides is 1. The summed E-state index contributed by atoms with van der Waals surface area (Å²) >= 11 is 0. The third-order valence-electron chi connectivity index (χ3n) is 4.68. The number of hydrogen-bond donors (Lipinski definition) is 1. The highest BCUT2D eigenvalue weighted by Crippen LogP contribution is 2.25. The second-order valence-corrected chi connectivity index (χ2v) is 6.71. The van der Waals surface area contributed by atoms with Crippen LogP contribution in [0.15, 0.2) is 84.9 Å². The molecular weight excluding hydrogens is 380 g/mol. The summed E-state index contributed by atoms with van der Waals surface area (Å²) in [6.45, 7) is 0.0844. The quantitative estimate of drug-likeness (QED) is 0.614. The van der Waals surface area contributed by atoms with Crippen LogP contribution in [0.1, 0.15) is 37.9 Å². The maximum atomic E-state index is 13.4. The fraction of sp³-hybridized carbons (Fsp3) is 0.125. The molecule has 6 heteroatoms. The first-order valence-corrected chi connectivity index (χ1v) is 9.39. The topological polar surface area (TPSA) is 89.7 Å². The number of nitrogens with zero attached hydrogens (tertiary/aromatic N) is 1. The largest absolute Gasteiger partial charge is 0.465 e. The molecule has 0 fully saturated rings. The van der Waals surface area contributed by atoms with E-state index in [2.05, 4.69) is 0 Å². The molecule has 1 atom stereocenters. The van der Waals surface area contributed by atoms with Gasteiger partial charge in [-0.3, -0.25) is 9.59 Å². The molecule has 0 heterocycles. The van der Waals surface area contributed by atoms with E-state index >= 15 is 0 Å². The number of carbonyl (C=O) groups excluding carboxylic acids is 3.